The molecule has 0 saturated heterocycles. The smallest absolute Gasteiger partial charge is 0.322 e. The number of carbonyl (C=O) groups is 2. The second kappa shape index (κ2) is 6.49. The lowest BCUT2D eigenvalue weighted by Crippen LogP contribution is -2.12. The Morgan fingerprint density at radius 3 is 2.31 bits per heavy atom. The van der Waals surface area contributed by atoms with Crippen LogP contribution in [0.3, 0.4) is 0 Å². The van der Waals surface area contributed by atoms with Gasteiger partial charge in [-0.05, 0) is 36.4 Å². The number of halogens is 4. The predicted octanol–water partition coefficient (Wildman–Crippen LogP) is 5.23. The number of carbonyl (C=O) groups excluding carboxylic acids is 2. The van der Waals surface area contributed by atoms with Crippen molar-refractivity contribution in [1.29, 1.82) is 0 Å². The third-order valence-electron chi connectivity index (χ3n) is 3.82. The molecule has 4 nitrogen and oxygen atoms in total. The van der Waals surface area contributed by atoms with Gasteiger partial charge in [-0.3, -0.25) is 14.2 Å². The highest BCUT2D eigenvalue weighted by Gasteiger charge is 2.30. The van der Waals surface area contributed by atoms with Gasteiger partial charge in [0.25, 0.3) is 5.91 Å². The maximum absolute atomic E-state index is 12.6. The largest absolute Gasteiger partial charge is 0.416 e. The summed E-state index contributed by atoms with van der Waals surface area (Å²) < 4.78 is 39.1. The van der Waals surface area contributed by atoms with Gasteiger partial charge in [0.2, 0.25) is 5.91 Å². The molecule has 0 saturated carbocycles. The Labute approximate surface area is 151 Å². The van der Waals surface area contributed by atoms with Crippen molar-refractivity contribution in [2.24, 2.45) is 0 Å². The molecule has 0 atom stereocenters. The van der Waals surface area contributed by atoms with E-state index in [1.165, 1.54) is 29.8 Å². The predicted molar refractivity (Wildman–Crippen MR) is 92.6 cm³/mol. The van der Waals surface area contributed by atoms with Crippen LogP contribution in [0, 0.1) is 0 Å². The first kappa shape index (κ1) is 18.0. The molecule has 0 radical (unpaired) electrons. The zero-order valence-electron chi connectivity index (χ0n) is 13.4. The van der Waals surface area contributed by atoms with Gasteiger partial charge in [-0.15, -0.1) is 0 Å². The SMILES string of the molecule is CC(=O)n1cc(C(=O)Nc2ccc(C(F)(F)F)cc2)c2ccc(Cl)cc21. The van der Waals surface area contributed by atoms with Gasteiger partial charge < -0.3 is 5.32 Å². The highest BCUT2D eigenvalue weighted by Crippen LogP contribution is 2.30. The third-order valence-corrected chi connectivity index (χ3v) is 4.06. The number of nitrogens with one attached hydrogen (secondary N) is 1. The van der Waals surface area contributed by atoms with Crippen molar-refractivity contribution in [2.45, 2.75) is 13.1 Å². The maximum Gasteiger partial charge on any atom is 0.416 e. The zero-order valence-corrected chi connectivity index (χ0v) is 14.2. The van der Waals surface area contributed by atoms with E-state index in [1.54, 1.807) is 18.2 Å². The molecule has 0 aliphatic carbocycles. The molecule has 1 amide bonds. The van der Waals surface area contributed by atoms with Crippen LogP contribution in [-0.2, 0) is 6.18 Å². The van der Waals surface area contributed by atoms with E-state index in [-0.39, 0.29) is 17.2 Å². The topological polar surface area (TPSA) is 51.1 Å². The molecular weight excluding hydrogens is 369 g/mol. The lowest BCUT2D eigenvalue weighted by Gasteiger charge is -2.08. The second-order valence-electron chi connectivity index (χ2n) is 5.62. The Morgan fingerprint density at radius 2 is 1.73 bits per heavy atom. The van der Waals surface area contributed by atoms with Crippen LogP contribution < -0.4 is 5.32 Å². The van der Waals surface area contributed by atoms with Gasteiger partial charge in [0.1, 0.15) is 0 Å². The lowest BCUT2D eigenvalue weighted by atomic mass is 10.1. The van der Waals surface area contributed by atoms with E-state index in [9.17, 15) is 22.8 Å². The van der Waals surface area contributed by atoms with Gasteiger partial charge in [-0.2, -0.15) is 13.2 Å². The van der Waals surface area contributed by atoms with Crippen molar-refractivity contribution in [1.82, 2.24) is 4.57 Å². The summed E-state index contributed by atoms with van der Waals surface area (Å²) in [6.45, 7) is 1.35. The molecule has 8 heteroatoms. The van der Waals surface area contributed by atoms with Crippen LogP contribution in [0.4, 0.5) is 18.9 Å². The minimum Gasteiger partial charge on any atom is -0.322 e. The molecule has 0 spiro atoms. The Morgan fingerprint density at radius 1 is 1.08 bits per heavy atom. The van der Waals surface area contributed by atoms with Gasteiger partial charge >= 0.3 is 6.18 Å². The fraction of sp³-hybridized carbons (Fsp3) is 0.111. The molecule has 1 heterocycles. The average molecular weight is 381 g/mol. The van der Waals surface area contributed by atoms with Gasteiger partial charge in [0.05, 0.1) is 16.6 Å². The molecule has 0 aliphatic heterocycles. The fourth-order valence-electron chi connectivity index (χ4n) is 2.58. The molecule has 0 fully saturated rings. The van der Waals surface area contributed by atoms with E-state index in [0.717, 1.165) is 12.1 Å². The number of amides is 1. The second-order valence-corrected chi connectivity index (χ2v) is 6.06. The van der Waals surface area contributed by atoms with E-state index in [1.807, 2.05) is 0 Å². The van der Waals surface area contributed by atoms with E-state index >= 15 is 0 Å². The van der Waals surface area contributed by atoms with Crippen LogP contribution in [0.2, 0.25) is 5.02 Å². The molecular formula is C18H12ClF3N2O2. The van der Waals surface area contributed by atoms with Crippen molar-refractivity contribution >= 4 is 40.0 Å². The number of hydrogen-bond acceptors (Lipinski definition) is 2. The minimum absolute atomic E-state index is 0.209. The number of alkyl halides is 3. The standard InChI is InChI=1S/C18H12ClF3N2O2/c1-10(25)24-9-15(14-7-4-12(19)8-16(14)24)17(26)23-13-5-2-11(3-6-13)18(20,21)22/h2-9H,1H3,(H,23,26). The minimum atomic E-state index is -4.45. The summed E-state index contributed by atoms with van der Waals surface area (Å²) in [6.07, 6.45) is -3.07. The normalized spacial score (nSPS) is 11.6. The molecule has 26 heavy (non-hydrogen) atoms. The van der Waals surface area contributed by atoms with Crippen LogP contribution in [-0.4, -0.2) is 16.4 Å². The summed E-state index contributed by atoms with van der Waals surface area (Å²) in [5, 5.41) is 3.45. The highest BCUT2D eigenvalue weighted by molar-refractivity contribution is 6.31. The van der Waals surface area contributed by atoms with Crippen molar-refractivity contribution in [3.05, 3.63) is 64.8 Å². The molecule has 0 unspecified atom stereocenters. The van der Waals surface area contributed by atoms with Gasteiger partial charge in [-0.1, -0.05) is 17.7 Å². The summed E-state index contributed by atoms with van der Waals surface area (Å²) in [5.41, 5.74) is 0.0911. The van der Waals surface area contributed by atoms with Crippen LogP contribution >= 0.6 is 11.6 Å². The number of hydrogen-bond donors (Lipinski definition) is 1. The number of benzene rings is 2. The summed E-state index contributed by atoms with van der Waals surface area (Å²) in [7, 11) is 0. The molecule has 3 aromatic rings. The first-order chi connectivity index (χ1) is 12.2. The van der Waals surface area contributed by atoms with Crippen LogP contribution in [0.1, 0.15) is 27.6 Å². The first-order valence-corrected chi connectivity index (χ1v) is 7.85. The monoisotopic (exact) mass is 380 g/mol. The molecule has 1 N–H and O–H groups in total. The van der Waals surface area contributed by atoms with E-state index < -0.39 is 17.6 Å². The summed E-state index contributed by atoms with van der Waals surface area (Å²) in [4.78, 5) is 24.3. The lowest BCUT2D eigenvalue weighted by molar-refractivity contribution is -0.137. The molecule has 134 valence electrons. The van der Waals surface area contributed by atoms with Crippen LogP contribution in [0.5, 0.6) is 0 Å². The zero-order chi connectivity index (χ0) is 19.1. The van der Waals surface area contributed by atoms with E-state index in [4.69, 9.17) is 11.6 Å². The van der Waals surface area contributed by atoms with Gasteiger partial charge in [0.15, 0.2) is 0 Å². The first-order valence-electron chi connectivity index (χ1n) is 7.47. The van der Waals surface area contributed by atoms with Gasteiger partial charge in [0, 0.05) is 29.2 Å². The van der Waals surface area contributed by atoms with Crippen molar-refractivity contribution in [2.75, 3.05) is 5.32 Å². The van der Waals surface area contributed by atoms with Crippen molar-refractivity contribution in [3.63, 3.8) is 0 Å². The quantitative estimate of drug-likeness (QED) is 0.662. The van der Waals surface area contributed by atoms with Crippen LogP contribution in [0.25, 0.3) is 10.9 Å². The Hall–Kier alpha value is -2.80. The van der Waals surface area contributed by atoms with Crippen LogP contribution in [0.15, 0.2) is 48.7 Å². The Balaban J connectivity index is 1.94. The number of aromatic nitrogens is 1. The molecule has 0 bridgehead atoms. The molecule has 0 aliphatic rings. The summed E-state index contributed by atoms with van der Waals surface area (Å²) >= 11 is 5.95. The fourth-order valence-corrected chi connectivity index (χ4v) is 2.75. The Kier molecular flexibility index (Phi) is 4.50. The third kappa shape index (κ3) is 3.43. The molecule has 1 aromatic heterocycles. The molecule has 3 rings (SSSR count). The van der Waals surface area contributed by atoms with Crippen molar-refractivity contribution in [3.8, 4) is 0 Å². The summed E-state index contributed by atoms with van der Waals surface area (Å²) in [5.74, 6) is -0.845. The number of rotatable bonds is 2. The number of fused-ring (bicyclic) bond motifs is 1. The summed E-state index contributed by atoms with van der Waals surface area (Å²) in [6, 6.07) is 8.86. The highest BCUT2D eigenvalue weighted by atomic mass is 35.5. The van der Waals surface area contributed by atoms with E-state index in [0.29, 0.717) is 15.9 Å². The number of anilines is 1. The number of nitrogens with zero attached hydrogens (tertiary/aromatic N) is 1. The van der Waals surface area contributed by atoms with Crippen molar-refractivity contribution < 1.29 is 22.8 Å². The Bertz CT molecular complexity index is 1010. The maximum atomic E-state index is 12.6. The van der Waals surface area contributed by atoms with Gasteiger partial charge in [-0.25, -0.2) is 0 Å². The molecule has 2 aromatic carbocycles. The van der Waals surface area contributed by atoms with E-state index in [2.05, 4.69) is 5.32 Å². The average Bonchev–Trinajstić information content (AvgIpc) is 2.93.